The zero-order valence-corrected chi connectivity index (χ0v) is 11.9. The van der Waals surface area contributed by atoms with E-state index in [-0.39, 0.29) is 5.91 Å². The van der Waals surface area contributed by atoms with Crippen LogP contribution in [0.1, 0.15) is 24.2 Å². The molecule has 0 aliphatic carbocycles. The highest BCUT2D eigenvalue weighted by Gasteiger charge is 2.05. The normalized spacial score (nSPS) is 10.3. The Kier molecular flexibility index (Phi) is 4.77. The van der Waals surface area contributed by atoms with Crippen LogP contribution in [-0.4, -0.2) is 12.5 Å². The number of carbonyl (C=O) groups is 1. The maximum atomic E-state index is 12.1. The van der Waals surface area contributed by atoms with E-state index in [1.165, 1.54) is 0 Å². The van der Waals surface area contributed by atoms with Gasteiger partial charge in [0.05, 0.1) is 0 Å². The lowest BCUT2D eigenvalue weighted by Gasteiger charge is -2.11. The van der Waals surface area contributed by atoms with Crippen LogP contribution in [-0.2, 0) is 0 Å². The van der Waals surface area contributed by atoms with Gasteiger partial charge in [0.15, 0.2) is 0 Å². The van der Waals surface area contributed by atoms with Gasteiger partial charge in [-0.25, -0.2) is 0 Å². The van der Waals surface area contributed by atoms with Crippen LogP contribution in [0, 0.1) is 5.92 Å². The number of anilines is 2. The fourth-order valence-electron chi connectivity index (χ4n) is 1.82. The standard InChI is InChI=1S/C17H20N2O/c1-13(2)12-18-15-9-6-10-16(11-15)19-17(20)14-7-4-3-5-8-14/h3-11,13,18H,12H2,1-2H3,(H,19,20). The largest absolute Gasteiger partial charge is 0.385 e. The number of hydrogen-bond acceptors (Lipinski definition) is 2. The van der Waals surface area contributed by atoms with Gasteiger partial charge in [0.2, 0.25) is 0 Å². The molecule has 0 radical (unpaired) electrons. The second-order valence-corrected chi connectivity index (χ2v) is 5.18. The lowest BCUT2D eigenvalue weighted by Crippen LogP contribution is -2.12. The number of benzene rings is 2. The molecule has 0 aliphatic heterocycles. The summed E-state index contributed by atoms with van der Waals surface area (Å²) in [5.74, 6) is 0.490. The molecule has 104 valence electrons. The summed E-state index contributed by atoms with van der Waals surface area (Å²) in [5, 5.41) is 6.25. The molecule has 0 aliphatic rings. The van der Waals surface area contributed by atoms with Gasteiger partial charge in [-0.05, 0) is 36.2 Å². The maximum absolute atomic E-state index is 12.1. The van der Waals surface area contributed by atoms with Crippen molar-refractivity contribution in [2.75, 3.05) is 17.2 Å². The Morgan fingerprint density at radius 1 is 1.00 bits per heavy atom. The van der Waals surface area contributed by atoms with Crippen molar-refractivity contribution in [2.24, 2.45) is 5.92 Å². The molecule has 2 aromatic rings. The average Bonchev–Trinajstić information content (AvgIpc) is 2.46. The van der Waals surface area contributed by atoms with Crippen LogP contribution in [0.5, 0.6) is 0 Å². The van der Waals surface area contributed by atoms with Gasteiger partial charge in [-0.15, -0.1) is 0 Å². The Hall–Kier alpha value is -2.29. The van der Waals surface area contributed by atoms with Gasteiger partial charge in [-0.3, -0.25) is 4.79 Å². The molecule has 3 heteroatoms. The molecule has 0 unspecified atom stereocenters. The third kappa shape index (κ3) is 4.12. The van der Waals surface area contributed by atoms with E-state index in [4.69, 9.17) is 0 Å². The molecule has 20 heavy (non-hydrogen) atoms. The molecule has 2 N–H and O–H groups in total. The summed E-state index contributed by atoms with van der Waals surface area (Å²) < 4.78 is 0. The SMILES string of the molecule is CC(C)CNc1cccc(NC(=O)c2ccccc2)c1. The van der Waals surface area contributed by atoms with E-state index in [1.807, 2.05) is 42.5 Å². The van der Waals surface area contributed by atoms with Crippen LogP contribution in [0.15, 0.2) is 54.6 Å². The van der Waals surface area contributed by atoms with Gasteiger partial charge in [0.1, 0.15) is 0 Å². The van der Waals surface area contributed by atoms with Crippen molar-refractivity contribution in [3.63, 3.8) is 0 Å². The fourth-order valence-corrected chi connectivity index (χ4v) is 1.82. The van der Waals surface area contributed by atoms with Crippen molar-refractivity contribution >= 4 is 17.3 Å². The van der Waals surface area contributed by atoms with Gasteiger partial charge >= 0.3 is 0 Å². The summed E-state index contributed by atoms with van der Waals surface area (Å²) in [4.78, 5) is 12.1. The molecule has 0 heterocycles. The zero-order valence-electron chi connectivity index (χ0n) is 11.9. The lowest BCUT2D eigenvalue weighted by molar-refractivity contribution is 0.102. The van der Waals surface area contributed by atoms with Crippen molar-refractivity contribution in [3.8, 4) is 0 Å². The number of carbonyl (C=O) groups excluding carboxylic acids is 1. The number of hydrogen-bond donors (Lipinski definition) is 2. The highest BCUT2D eigenvalue weighted by atomic mass is 16.1. The number of rotatable bonds is 5. The Bertz CT molecular complexity index is 564. The van der Waals surface area contributed by atoms with Crippen LogP contribution in [0.2, 0.25) is 0 Å². The van der Waals surface area contributed by atoms with Crippen LogP contribution in [0.4, 0.5) is 11.4 Å². The van der Waals surface area contributed by atoms with Gasteiger partial charge < -0.3 is 10.6 Å². The van der Waals surface area contributed by atoms with Crippen LogP contribution in [0.25, 0.3) is 0 Å². The predicted octanol–water partition coefficient (Wildman–Crippen LogP) is 4.01. The maximum Gasteiger partial charge on any atom is 0.255 e. The minimum atomic E-state index is -0.0911. The van der Waals surface area contributed by atoms with Crippen molar-refractivity contribution in [2.45, 2.75) is 13.8 Å². The van der Waals surface area contributed by atoms with E-state index < -0.39 is 0 Å². The van der Waals surface area contributed by atoms with Gasteiger partial charge in [-0.1, -0.05) is 38.1 Å². The van der Waals surface area contributed by atoms with E-state index >= 15 is 0 Å². The molecule has 0 saturated heterocycles. The molecule has 2 rings (SSSR count). The monoisotopic (exact) mass is 268 g/mol. The Labute approximate surface area is 120 Å². The lowest BCUT2D eigenvalue weighted by atomic mass is 10.2. The first-order valence-corrected chi connectivity index (χ1v) is 6.85. The topological polar surface area (TPSA) is 41.1 Å². The first kappa shape index (κ1) is 14.1. The molecule has 2 aromatic carbocycles. The molecular weight excluding hydrogens is 248 g/mol. The smallest absolute Gasteiger partial charge is 0.255 e. The minimum Gasteiger partial charge on any atom is -0.385 e. The van der Waals surface area contributed by atoms with E-state index in [0.717, 1.165) is 17.9 Å². The first-order valence-electron chi connectivity index (χ1n) is 6.85. The summed E-state index contributed by atoms with van der Waals surface area (Å²) in [5.41, 5.74) is 2.48. The predicted molar refractivity (Wildman–Crippen MR) is 84.2 cm³/mol. The molecule has 0 spiro atoms. The van der Waals surface area contributed by atoms with Crippen LogP contribution >= 0.6 is 0 Å². The molecule has 1 amide bonds. The molecule has 0 fully saturated rings. The number of nitrogens with one attached hydrogen (secondary N) is 2. The second-order valence-electron chi connectivity index (χ2n) is 5.18. The quantitative estimate of drug-likeness (QED) is 0.860. The van der Waals surface area contributed by atoms with Gasteiger partial charge in [-0.2, -0.15) is 0 Å². The highest BCUT2D eigenvalue weighted by molar-refractivity contribution is 6.04. The van der Waals surface area contributed by atoms with E-state index in [2.05, 4.69) is 24.5 Å². The van der Waals surface area contributed by atoms with Gasteiger partial charge in [0, 0.05) is 23.5 Å². The minimum absolute atomic E-state index is 0.0911. The summed E-state index contributed by atoms with van der Waals surface area (Å²) in [6, 6.07) is 17.0. The number of amides is 1. The molecule has 0 aromatic heterocycles. The fraction of sp³-hybridized carbons (Fsp3) is 0.235. The van der Waals surface area contributed by atoms with Crippen molar-refractivity contribution in [1.29, 1.82) is 0 Å². The summed E-state index contributed by atoms with van der Waals surface area (Å²) in [6.07, 6.45) is 0. The summed E-state index contributed by atoms with van der Waals surface area (Å²) in [6.45, 7) is 5.23. The van der Waals surface area contributed by atoms with Crippen molar-refractivity contribution in [3.05, 3.63) is 60.2 Å². The van der Waals surface area contributed by atoms with Crippen molar-refractivity contribution < 1.29 is 4.79 Å². The van der Waals surface area contributed by atoms with E-state index in [0.29, 0.717) is 11.5 Å². The highest BCUT2D eigenvalue weighted by Crippen LogP contribution is 2.16. The molecule has 0 bridgehead atoms. The van der Waals surface area contributed by atoms with Gasteiger partial charge in [0.25, 0.3) is 5.91 Å². The Balaban J connectivity index is 2.02. The Morgan fingerprint density at radius 3 is 2.40 bits per heavy atom. The average molecular weight is 268 g/mol. The molecule has 3 nitrogen and oxygen atoms in total. The third-order valence-corrected chi connectivity index (χ3v) is 2.87. The molecular formula is C17H20N2O. The molecule has 0 saturated carbocycles. The summed E-state index contributed by atoms with van der Waals surface area (Å²) >= 11 is 0. The van der Waals surface area contributed by atoms with E-state index in [1.54, 1.807) is 12.1 Å². The van der Waals surface area contributed by atoms with E-state index in [9.17, 15) is 4.79 Å². The first-order chi connectivity index (χ1) is 9.65. The molecule has 0 atom stereocenters. The second kappa shape index (κ2) is 6.75. The van der Waals surface area contributed by atoms with Crippen molar-refractivity contribution in [1.82, 2.24) is 0 Å². The van der Waals surface area contributed by atoms with Crippen LogP contribution in [0.3, 0.4) is 0 Å². The third-order valence-electron chi connectivity index (χ3n) is 2.87. The Morgan fingerprint density at radius 2 is 1.70 bits per heavy atom. The van der Waals surface area contributed by atoms with Crippen LogP contribution < -0.4 is 10.6 Å². The zero-order chi connectivity index (χ0) is 14.4. The summed E-state index contributed by atoms with van der Waals surface area (Å²) in [7, 11) is 0.